The van der Waals surface area contributed by atoms with Gasteiger partial charge in [0.25, 0.3) is 15.9 Å². The molecule has 0 atom stereocenters. The van der Waals surface area contributed by atoms with Crippen LogP contribution in [0.4, 0.5) is 11.4 Å². The third-order valence-corrected chi connectivity index (χ3v) is 5.74. The zero-order valence-electron chi connectivity index (χ0n) is 14.5. The number of anilines is 2. The van der Waals surface area contributed by atoms with Crippen LogP contribution in [0.5, 0.6) is 0 Å². The number of hydrogen-bond acceptors (Lipinski definition) is 5. The summed E-state index contributed by atoms with van der Waals surface area (Å²) in [5.41, 5.74) is 1.89. The van der Waals surface area contributed by atoms with Gasteiger partial charge < -0.3 is 9.84 Å². The van der Waals surface area contributed by atoms with Gasteiger partial charge in [0.1, 0.15) is 0 Å². The molecule has 0 radical (unpaired) electrons. The Morgan fingerprint density at radius 3 is 2.33 bits per heavy atom. The Balaban J connectivity index is 1.85. The van der Waals surface area contributed by atoms with Crippen molar-refractivity contribution in [1.29, 1.82) is 0 Å². The molecule has 0 aliphatic heterocycles. The zero-order chi connectivity index (χ0) is 19.6. The average Bonchev–Trinajstić information content (AvgIpc) is 3.05. The molecular formula is C18H16BrN3O4S. The molecule has 0 saturated carbocycles. The number of sulfonamides is 1. The first kappa shape index (κ1) is 19.1. The average molecular weight is 450 g/mol. The number of benzene rings is 2. The zero-order valence-corrected chi connectivity index (χ0v) is 16.9. The second kappa shape index (κ2) is 7.53. The van der Waals surface area contributed by atoms with Crippen LogP contribution in [0.25, 0.3) is 0 Å². The monoisotopic (exact) mass is 449 g/mol. The molecule has 9 heteroatoms. The summed E-state index contributed by atoms with van der Waals surface area (Å²) < 4.78 is 33.8. The summed E-state index contributed by atoms with van der Waals surface area (Å²) in [7, 11) is -3.83. The lowest BCUT2D eigenvalue weighted by molar-refractivity contribution is 0.0988. The van der Waals surface area contributed by atoms with E-state index >= 15 is 0 Å². The van der Waals surface area contributed by atoms with Gasteiger partial charge >= 0.3 is 0 Å². The molecule has 7 nitrogen and oxygen atoms in total. The molecule has 3 aromatic rings. The fourth-order valence-electron chi connectivity index (χ4n) is 2.36. The van der Waals surface area contributed by atoms with E-state index in [-0.39, 0.29) is 10.7 Å². The minimum Gasteiger partial charge on any atom is -0.351 e. The minimum absolute atomic E-state index is 0.0467. The SMILES string of the molecule is Cc1cc(C(=O)Nc2ccc(C)c(S(=O)(=O)Nc3ccc(Br)cc3)c2)on1. The van der Waals surface area contributed by atoms with E-state index in [4.69, 9.17) is 4.52 Å². The quantitative estimate of drug-likeness (QED) is 0.610. The molecule has 140 valence electrons. The van der Waals surface area contributed by atoms with Gasteiger partial charge in [-0.2, -0.15) is 0 Å². The van der Waals surface area contributed by atoms with Crippen molar-refractivity contribution in [1.82, 2.24) is 5.16 Å². The molecular weight excluding hydrogens is 434 g/mol. The van der Waals surface area contributed by atoms with E-state index in [0.717, 1.165) is 4.47 Å². The van der Waals surface area contributed by atoms with Gasteiger partial charge in [-0.1, -0.05) is 27.2 Å². The van der Waals surface area contributed by atoms with Crippen LogP contribution < -0.4 is 10.0 Å². The molecule has 0 saturated heterocycles. The predicted molar refractivity (Wildman–Crippen MR) is 105 cm³/mol. The summed E-state index contributed by atoms with van der Waals surface area (Å²) in [4.78, 5) is 12.2. The molecule has 2 aromatic carbocycles. The predicted octanol–water partition coefficient (Wildman–Crippen LogP) is 4.11. The first-order valence-corrected chi connectivity index (χ1v) is 10.2. The van der Waals surface area contributed by atoms with Crippen LogP contribution in [0.15, 0.2) is 62.4 Å². The summed E-state index contributed by atoms with van der Waals surface area (Å²) in [6.45, 7) is 3.38. The lowest BCUT2D eigenvalue weighted by atomic mass is 10.2. The van der Waals surface area contributed by atoms with Crippen molar-refractivity contribution in [3.63, 3.8) is 0 Å². The largest absolute Gasteiger partial charge is 0.351 e. The highest BCUT2D eigenvalue weighted by Crippen LogP contribution is 2.24. The van der Waals surface area contributed by atoms with Crippen LogP contribution in [-0.4, -0.2) is 19.5 Å². The second-order valence-electron chi connectivity index (χ2n) is 5.88. The fraction of sp³-hybridized carbons (Fsp3) is 0.111. The van der Waals surface area contributed by atoms with E-state index in [9.17, 15) is 13.2 Å². The highest BCUT2D eigenvalue weighted by molar-refractivity contribution is 9.10. The molecule has 0 spiro atoms. The number of aromatic nitrogens is 1. The Morgan fingerprint density at radius 1 is 1.04 bits per heavy atom. The van der Waals surface area contributed by atoms with Crippen molar-refractivity contribution >= 4 is 43.2 Å². The lowest BCUT2D eigenvalue weighted by Crippen LogP contribution is -2.16. The Bertz CT molecular complexity index is 1090. The minimum atomic E-state index is -3.83. The molecule has 3 rings (SSSR count). The number of carbonyl (C=O) groups is 1. The van der Waals surface area contributed by atoms with Crippen molar-refractivity contribution in [2.45, 2.75) is 18.7 Å². The van der Waals surface area contributed by atoms with Crippen LogP contribution in [0, 0.1) is 13.8 Å². The van der Waals surface area contributed by atoms with Crippen LogP contribution in [-0.2, 0) is 10.0 Å². The third kappa shape index (κ3) is 4.55. The number of halogens is 1. The maximum atomic E-state index is 12.8. The maximum absolute atomic E-state index is 12.8. The number of rotatable bonds is 5. The van der Waals surface area contributed by atoms with Gasteiger partial charge in [-0.05, 0) is 55.8 Å². The molecule has 27 heavy (non-hydrogen) atoms. The number of nitrogens with one attached hydrogen (secondary N) is 2. The normalized spacial score (nSPS) is 11.2. The number of nitrogens with zero attached hydrogens (tertiary/aromatic N) is 1. The number of amides is 1. The van der Waals surface area contributed by atoms with E-state index < -0.39 is 15.9 Å². The van der Waals surface area contributed by atoms with Crippen molar-refractivity contribution < 1.29 is 17.7 Å². The molecule has 2 N–H and O–H groups in total. The Morgan fingerprint density at radius 2 is 1.70 bits per heavy atom. The summed E-state index contributed by atoms with van der Waals surface area (Å²) in [6.07, 6.45) is 0. The van der Waals surface area contributed by atoms with E-state index in [2.05, 4.69) is 31.1 Å². The second-order valence-corrected chi connectivity index (χ2v) is 8.45. The van der Waals surface area contributed by atoms with Gasteiger partial charge in [0.05, 0.1) is 10.6 Å². The first-order valence-electron chi connectivity index (χ1n) is 7.88. The maximum Gasteiger partial charge on any atom is 0.294 e. The first-order chi connectivity index (χ1) is 12.7. The van der Waals surface area contributed by atoms with Crippen molar-refractivity contribution in [3.8, 4) is 0 Å². The highest BCUT2D eigenvalue weighted by atomic mass is 79.9. The number of aryl methyl sites for hydroxylation is 2. The fourth-order valence-corrected chi connectivity index (χ4v) is 3.95. The molecule has 0 aliphatic carbocycles. The van der Waals surface area contributed by atoms with Crippen LogP contribution in [0.3, 0.4) is 0 Å². The molecule has 0 unspecified atom stereocenters. The molecule has 1 amide bonds. The molecule has 1 aromatic heterocycles. The van der Waals surface area contributed by atoms with Gasteiger partial charge in [0.2, 0.25) is 5.76 Å². The summed E-state index contributed by atoms with van der Waals surface area (Å²) in [6, 6.07) is 12.9. The lowest BCUT2D eigenvalue weighted by Gasteiger charge is -2.12. The Labute approximate surface area is 164 Å². The van der Waals surface area contributed by atoms with Crippen LogP contribution >= 0.6 is 15.9 Å². The van der Waals surface area contributed by atoms with Gasteiger partial charge in [-0.25, -0.2) is 8.42 Å². The van der Waals surface area contributed by atoms with Gasteiger partial charge in [-0.15, -0.1) is 0 Å². The van der Waals surface area contributed by atoms with Crippen molar-refractivity contribution in [3.05, 3.63) is 70.0 Å². The standard InChI is InChI=1S/C18H16BrN3O4S/c1-11-3-6-15(20-18(23)16-9-12(2)21-26-16)10-17(11)27(24,25)22-14-7-4-13(19)5-8-14/h3-10,22H,1-2H3,(H,20,23). The van der Waals surface area contributed by atoms with E-state index in [0.29, 0.717) is 22.6 Å². The van der Waals surface area contributed by atoms with E-state index in [1.807, 2.05) is 0 Å². The van der Waals surface area contributed by atoms with E-state index in [1.54, 1.807) is 50.2 Å². The van der Waals surface area contributed by atoms with Crippen LogP contribution in [0.1, 0.15) is 21.8 Å². The Hall–Kier alpha value is -2.65. The molecule has 0 bridgehead atoms. The topological polar surface area (TPSA) is 101 Å². The molecule has 0 fully saturated rings. The van der Waals surface area contributed by atoms with Gasteiger partial charge in [0, 0.05) is 21.9 Å². The summed E-state index contributed by atoms with van der Waals surface area (Å²) in [5, 5.41) is 6.27. The smallest absolute Gasteiger partial charge is 0.294 e. The number of carbonyl (C=O) groups excluding carboxylic acids is 1. The summed E-state index contributed by atoms with van der Waals surface area (Å²) in [5.74, 6) is -0.464. The Kier molecular flexibility index (Phi) is 5.33. The van der Waals surface area contributed by atoms with Gasteiger partial charge in [-0.3, -0.25) is 9.52 Å². The third-order valence-electron chi connectivity index (χ3n) is 3.68. The van der Waals surface area contributed by atoms with Crippen LogP contribution in [0.2, 0.25) is 0 Å². The highest BCUT2D eigenvalue weighted by Gasteiger charge is 2.19. The van der Waals surface area contributed by atoms with E-state index in [1.165, 1.54) is 12.1 Å². The van der Waals surface area contributed by atoms with Gasteiger partial charge in [0.15, 0.2) is 0 Å². The molecule has 1 heterocycles. The molecule has 0 aliphatic rings. The van der Waals surface area contributed by atoms with Crippen molar-refractivity contribution in [2.75, 3.05) is 10.0 Å². The number of hydrogen-bond donors (Lipinski definition) is 2. The van der Waals surface area contributed by atoms with Crippen molar-refractivity contribution in [2.24, 2.45) is 0 Å². The summed E-state index contributed by atoms with van der Waals surface area (Å²) >= 11 is 3.31.